The predicted molar refractivity (Wildman–Crippen MR) is 94.7 cm³/mol. The Bertz CT molecular complexity index is 823. The number of carbonyl (C=O) groups is 1. The Morgan fingerprint density at radius 1 is 1.42 bits per heavy atom. The molecule has 2 aromatic rings. The number of aromatic nitrogens is 1. The van der Waals surface area contributed by atoms with Gasteiger partial charge in [0.25, 0.3) is 5.91 Å². The fraction of sp³-hybridized carbons (Fsp3) is 0.474. The number of hydrogen-bond donors (Lipinski definition) is 1. The summed E-state index contributed by atoms with van der Waals surface area (Å²) in [7, 11) is 0. The third kappa shape index (κ3) is 3.08. The fourth-order valence-electron chi connectivity index (χ4n) is 3.27. The molecule has 1 atom stereocenters. The second-order valence-electron chi connectivity index (χ2n) is 6.67. The fourth-order valence-corrected chi connectivity index (χ4v) is 3.27. The molecule has 1 aliphatic rings. The molecule has 5 nitrogen and oxygen atoms in total. The van der Waals surface area contributed by atoms with Gasteiger partial charge in [-0.3, -0.25) is 9.59 Å². The molecule has 0 aliphatic carbocycles. The zero-order valence-electron chi connectivity index (χ0n) is 14.5. The molecule has 1 aromatic heterocycles. The number of para-hydroxylation sites is 1. The van der Waals surface area contributed by atoms with Crippen molar-refractivity contribution in [2.45, 2.75) is 45.8 Å². The van der Waals surface area contributed by atoms with Crippen LogP contribution in [0.2, 0.25) is 0 Å². The molecule has 1 N–H and O–H groups in total. The molecule has 24 heavy (non-hydrogen) atoms. The smallest absolute Gasteiger partial charge is 0.256 e. The molecule has 3 rings (SSSR count). The molecular formula is C19H24N2O3. The van der Waals surface area contributed by atoms with Crippen LogP contribution in [0, 0.1) is 0 Å². The monoisotopic (exact) mass is 328 g/mol. The van der Waals surface area contributed by atoms with Gasteiger partial charge >= 0.3 is 0 Å². The summed E-state index contributed by atoms with van der Waals surface area (Å²) < 4.78 is 7.51. The highest BCUT2D eigenvalue weighted by Crippen LogP contribution is 2.30. The molecule has 0 unspecified atom stereocenters. The Kier molecular flexibility index (Phi) is 4.71. The van der Waals surface area contributed by atoms with Gasteiger partial charge in [-0.1, -0.05) is 12.1 Å². The highest BCUT2D eigenvalue weighted by molar-refractivity contribution is 5.98. The van der Waals surface area contributed by atoms with E-state index in [2.05, 4.69) is 22.9 Å². The molecule has 5 heteroatoms. The van der Waals surface area contributed by atoms with Crippen LogP contribution in [0.3, 0.4) is 0 Å². The maximum atomic E-state index is 12.7. The quantitative estimate of drug-likeness (QED) is 0.829. The lowest BCUT2D eigenvalue weighted by molar-refractivity contribution is 0.0757. The summed E-state index contributed by atoms with van der Waals surface area (Å²) in [4.78, 5) is 25.1. The minimum atomic E-state index is -0.306. The van der Waals surface area contributed by atoms with Crippen molar-refractivity contribution in [1.29, 1.82) is 0 Å². The van der Waals surface area contributed by atoms with Crippen LogP contribution in [-0.4, -0.2) is 29.7 Å². The molecule has 1 aromatic carbocycles. The van der Waals surface area contributed by atoms with Crippen molar-refractivity contribution in [2.75, 3.05) is 13.2 Å². The molecule has 2 heterocycles. The Labute approximate surface area is 141 Å². The SMILES string of the molecule is CC(C)OCCCNC(=O)c1cn2c3c(cccc3c1=O)C[C@H]2C. The number of hydrogen-bond acceptors (Lipinski definition) is 3. The van der Waals surface area contributed by atoms with E-state index in [1.165, 1.54) is 5.56 Å². The van der Waals surface area contributed by atoms with E-state index >= 15 is 0 Å². The van der Waals surface area contributed by atoms with Gasteiger partial charge in [-0.05, 0) is 45.2 Å². The van der Waals surface area contributed by atoms with Crippen LogP contribution in [0.5, 0.6) is 0 Å². The average molecular weight is 328 g/mol. The van der Waals surface area contributed by atoms with E-state index in [0.29, 0.717) is 18.5 Å². The summed E-state index contributed by atoms with van der Waals surface area (Å²) in [5.41, 5.74) is 2.18. The minimum absolute atomic E-state index is 0.186. The van der Waals surface area contributed by atoms with Gasteiger partial charge in [-0.2, -0.15) is 0 Å². The van der Waals surface area contributed by atoms with E-state index in [1.807, 2.05) is 26.0 Å². The van der Waals surface area contributed by atoms with Crippen molar-refractivity contribution in [3.8, 4) is 0 Å². The van der Waals surface area contributed by atoms with Gasteiger partial charge < -0.3 is 14.6 Å². The van der Waals surface area contributed by atoms with Gasteiger partial charge in [0.1, 0.15) is 5.56 Å². The number of benzene rings is 1. The molecular weight excluding hydrogens is 304 g/mol. The van der Waals surface area contributed by atoms with Crippen LogP contribution in [-0.2, 0) is 11.2 Å². The lowest BCUT2D eigenvalue weighted by Crippen LogP contribution is -2.31. The van der Waals surface area contributed by atoms with Crippen molar-refractivity contribution in [1.82, 2.24) is 9.88 Å². The standard InChI is InChI=1S/C19H24N2O3/c1-12(2)24-9-5-8-20-19(23)16-11-21-13(3)10-14-6-4-7-15(17(14)21)18(16)22/h4,6-7,11-13H,5,8-10H2,1-3H3,(H,20,23)/t13-/m1/s1. The predicted octanol–water partition coefficient (Wildman–Crippen LogP) is 2.66. The average Bonchev–Trinajstić information content (AvgIpc) is 2.86. The topological polar surface area (TPSA) is 60.3 Å². The van der Waals surface area contributed by atoms with Gasteiger partial charge in [0.15, 0.2) is 0 Å². The van der Waals surface area contributed by atoms with Crippen LogP contribution in [0.1, 0.15) is 49.2 Å². The van der Waals surface area contributed by atoms with E-state index in [1.54, 1.807) is 6.20 Å². The number of nitrogens with zero attached hydrogens (tertiary/aromatic N) is 1. The highest BCUT2D eigenvalue weighted by Gasteiger charge is 2.24. The van der Waals surface area contributed by atoms with Crippen molar-refractivity contribution in [3.05, 3.63) is 45.7 Å². The summed E-state index contributed by atoms with van der Waals surface area (Å²) in [6, 6.07) is 6.02. The summed E-state index contributed by atoms with van der Waals surface area (Å²) in [5, 5.41) is 3.46. The minimum Gasteiger partial charge on any atom is -0.379 e. The number of rotatable bonds is 6. The lowest BCUT2D eigenvalue weighted by atomic mass is 10.1. The van der Waals surface area contributed by atoms with Gasteiger partial charge in [0.2, 0.25) is 5.43 Å². The number of nitrogens with one attached hydrogen (secondary N) is 1. The van der Waals surface area contributed by atoms with E-state index < -0.39 is 0 Å². The van der Waals surface area contributed by atoms with Crippen LogP contribution in [0.15, 0.2) is 29.2 Å². The zero-order valence-corrected chi connectivity index (χ0v) is 14.5. The normalized spacial score (nSPS) is 16.1. The molecule has 1 amide bonds. The first-order chi connectivity index (χ1) is 11.5. The van der Waals surface area contributed by atoms with Crippen LogP contribution < -0.4 is 10.7 Å². The largest absolute Gasteiger partial charge is 0.379 e. The van der Waals surface area contributed by atoms with Crippen molar-refractivity contribution in [3.63, 3.8) is 0 Å². The first-order valence-corrected chi connectivity index (χ1v) is 8.55. The second-order valence-corrected chi connectivity index (χ2v) is 6.67. The van der Waals surface area contributed by atoms with Crippen molar-refractivity contribution < 1.29 is 9.53 Å². The number of pyridine rings is 1. The van der Waals surface area contributed by atoms with E-state index in [9.17, 15) is 9.59 Å². The Hall–Kier alpha value is -2.14. The first kappa shape index (κ1) is 16.7. The van der Waals surface area contributed by atoms with Gasteiger partial charge in [0, 0.05) is 30.8 Å². The molecule has 0 bridgehead atoms. The summed E-state index contributed by atoms with van der Waals surface area (Å²) in [6.07, 6.45) is 3.53. The molecule has 0 radical (unpaired) electrons. The zero-order chi connectivity index (χ0) is 17.3. The molecule has 0 fully saturated rings. The Morgan fingerprint density at radius 3 is 2.96 bits per heavy atom. The number of amides is 1. The molecule has 0 saturated heterocycles. The van der Waals surface area contributed by atoms with Crippen molar-refractivity contribution in [2.24, 2.45) is 0 Å². The van der Waals surface area contributed by atoms with Gasteiger partial charge in [-0.15, -0.1) is 0 Å². The second kappa shape index (κ2) is 6.77. The number of ether oxygens (including phenoxy) is 1. The maximum absolute atomic E-state index is 12.7. The first-order valence-electron chi connectivity index (χ1n) is 8.55. The van der Waals surface area contributed by atoms with Crippen LogP contribution >= 0.6 is 0 Å². The Balaban J connectivity index is 1.80. The summed E-state index contributed by atoms with van der Waals surface area (Å²) in [5.74, 6) is -0.306. The molecule has 0 saturated carbocycles. The Morgan fingerprint density at radius 2 is 2.21 bits per heavy atom. The lowest BCUT2D eigenvalue weighted by Gasteiger charge is -2.13. The molecule has 1 aliphatic heterocycles. The maximum Gasteiger partial charge on any atom is 0.256 e. The highest BCUT2D eigenvalue weighted by atomic mass is 16.5. The third-order valence-electron chi connectivity index (χ3n) is 4.43. The summed E-state index contributed by atoms with van der Waals surface area (Å²) >= 11 is 0. The van der Waals surface area contributed by atoms with E-state index in [0.717, 1.165) is 18.4 Å². The van der Waals surface area contributed by atoms with E-state index in [4.69, 9.17) is 4.74 Å². The van der Waals surface area contributed by atoms with Gasteiger partial charge in [-0.25, -0.2) is 0 Å². The van der Waals surface area contributed by atoms with Gasteiger partial charge in [0.05, 0.1) is 11.6 Å². The van der Waals surface area contributed by atoms with E-state index in [-0.39, 0.29) is 29.0 Å². The third-order valence-corrected chi connectivity index (χ3v) is 4.43. The van der Waals surface area contributed by atoms with Crippen LogP contribution in [0.4, 0.5) is 0 Å². The molecule has 128 valence electrons. The number of carbonyl (C=O) groups excluding carboxylic acids is 1. The van der Waals surface area contributed by atoms with Crippen molar-refractivity contribution >= 4 is 16.8 Å². The van der Waals surface area contributed by atoms with Crippen LogP contribution in [0.25, 0.3) is 10.9 Å². The molecule has 0 spiro atoms. The summed E-state index contributed by atoms with van der Waals surface area (Å²) in [6.45, 7) is 7.16.